The number of rotatable bonds is 5. The monoisotopic (exact) mass is 357 g/mol. The van der Waals surface area contributed by atoms with Crippen LogP contribution >= 0.6 is 0 Å². The van der Waals surface area contributed by atoms with Gasteiger partial charge in [-0.2, -0.15) is 0 Å². The summed E-state index contributed by atoms with van der Waals surface area (Å²) in [5, 5.41) is 4.32. The van der Waals surface area contributed by atoms with E-state index in [1.54, 1.807) is 12.4 Å². The molecule has 5 nitrogen and oxygen atoms in total. The molecule has 0 bridgehead atoms. The van der Waals surface area contributed by atoms with Gasteiger partial charge in [-0.15, -0.1) is 0 Å². The zero-order chi connectivity index (χ0) is 18.6. The third kappa shape index (κ3) is 3.82. The van der Waals surface area contributed by atoms with Crippen molar-refractivity contribution in [3.63, 3.8) is 0 Å². The number of ether oxygens (including phenoxy) is 1. The molecule has 1 unspecified atom stereocenters. The Kier molecular flexibility index (Phi) is 4.58. The molecule has 0 fully saturated rings. The topological polar surface area (TPSA) is 67.0 Å². The number of nitrogens with zero attached hydrogens (tertiary/aromatic N) is 1. The number of para-hydroxylation sites is 1. The van der Waals surface area contributed by atoms with Crippen molar-refractivity contribution in [3.8, 4) is 11.5 Å². The van der Waals surface area contributed by atoms with Gasteiger partial charge in [-0.05, 0) is 48.9 Å². The summed E-state index contributed by atoms with van der Waals surface area (Å²) in [5.41, 5.74) is 2.65. The lowest BCUT2D eigenvalue weighted by Gasteiger charge is -2.16. The second-order valence-electron chi connectivity index (χ2n) is 6.32. The maximum Gasteiger partial charge on any atom is 0.252 e. The summed E-state index contributed by atoms with van der Waals surface area (Å²) in [6.07, 6.45) is 3.57. The highest BCUT2D eigenvalue weighted by molar-refractivity contribution is 5.84. The summed E-state index contributed by atoms with van der Waals surface area (Å²) >= 11 is 0. The summed E-state index contributed by atoms with van der Waals surface area (Å²) in [7, 11) is 0. The van der Waals surface area contributed by atoms with E-state index in [4.69, 9.17) is 4.74 Å². The number of H-pyrrole nitrogens is 1. The van der Waals surface area contributed by atoms with Crippen LogP contribution in [0, 0.1) is 0 Å². The summed E-state index contributed by atoms with van der Waals surface area (Å²) < 4.78 is 6.03. The fourth-order valence-corrected chi connectivity index (χ4v) is 3.02. The summed E-state index contributed by atoms with van der Waals surface area (Å²) in [5.74, 6) is 1.20. The molecule has 4 rings (SSSR count). The van der Waals surface area contributed by atoms with Crippen LogP contribution in [0.25, 0.3) is 10.9 Å². The Morgan fingerprint density at radius 3 is 2.67 bits per heavy atom. The van der Waals surface area contributed by atoms with Gasteiger partial charge in [0.25, 0.3) is 5.56 Å². The zero-order valence-electron chi connectivity index (χ0n) is 14.8. The predicted molar refractivity (Wildman–Crippen MR) is 107 cm³/mol. The molecule has 0 aliphatic heterocycles. The molecule has 0 aliphatic carbocycles. The quantitative estimate of drug-likeness (QED) is 0.534. The molecule has 0 spiro atoms. The van der Waals surface area contributed by atoms with Gasteiger partial charge in [-0.1, -0.05) is 18.2 Å². The lowest BCUT2D eigenvalue weighted by molar-refractivity contribution is 0.487. The molecule has 0 radical (unpaired) electrons. The number of anilines is 1. The Morgan fingerprint density at radius 1 is 1.00 bits per heavy atom. The van der Waals surface area contributed by atoms with E-state index in [9.17, 15) is 4.79 Å². The van der Waals surface area contributed by atoms with Crippen molar-refractivity contribution >= 4 is 16.6 Å². The number of benzene rings is 2. The number of aromatic nitrogens is 2. The predicted octanol–water partition coefficient (Wildman–Crippen LogP) is 4.89. The molecule has 2 aromatic carbocycles. The minimum absolute atomic E-state index is 0.128. The Morgan fingerprint density at radius 2 is 1.81 bits per heavy atom. The lowest BCUT2D eigenvalue weighted by atomic mass is 10.1. The summed E-state index contributed by atoms with van der Waals surface area (Å²) in [6.45, 7) is 2.09. The van der Waals surface area contributed by atoms with Gasteiger partial charge in [-0.3, -0.25) is 9.78 Å². The molecule has 0 saturated carbocycles. The van der Waals surface area contributed by atoms with Gasteiger partial charge >= 0.3 is 0 Å². The largest absolute Gasteiger partial charge is 0.456 e. The maximum atomic E-state index is 11.9. The molecule has 2 heterocycles. The minimum atomic E-state index is -0.190. The summed E-state index contributed by atoms with van der Waals surface area (Å²) in [4.78, 5) is 18.8. The van der Waals surface area contributed by atoms with Crippen molar-refractivity contribution in [2.45, 2.75) is 13.0 Å². The first-order valence-corrected chi connectivity index (χ1v) is 8.75. The maximum absolute atomic E-state index is 11.9. The number of pyridine rings is 2. The molecule has 0 saturated heterocycles. The molecule has 0 amide bonds. The van der Waals surface area contributed by atoms with E-state index in [-0.39, 0.29) is 11.6 Å². The second kappa shape index (κ2) is 7.33. The van der Waals surface area contributed by atoms with Crippen molar-refractivity contribution in [2.24, 2.45) is 0 Å². The van der Waals surface area contributed by atoms with E-state index in [0.29, 0.717) is 11.5 Å². The molecule has 5 heteroatoms. The van der Waals surface area contributed by atoms with Crippen LogP contribution in [0.3, 0.4) is 0 Å². The van der Waals surface area contributed by atoms with Gasteiger partial charge in [0.2, 0.25) is 0 Å². The van der Waals surface area contributed by atoms with Crippen LogP contribution in [0.4, 0.5) is 5.69 Å². The molecule has 134 valence electrons. The number of nitrogens with one attached hydrogen (secondary N) is 2. The van der Waals surface area contributed by atoms with Gasteiger partial charge < -0.3 is 15.0 Å². The number of aromatic amines is 1. The van der Waals surface area contributed by atoms with Gasteiger partial charge in [0.15, 0.2) is 0 Å². The first kappa shape index (κ1) is 16.8. The second-order valence-corrected chi connectivity index (χ2v) is 6.32. The standard InChI is InChI=1S/C22H19N3O2/c1-15(16-9-11-23-12-10-16)24-17-5-4-6-18(13-17)27-21-14-22(26)25-20-8-3-2-7-19(20)21/h2-15,24H,1H3,(H,25,26). The molecule has 0 aliphatic rings. The Labute approximate surface area is 156 Å². The van der Waals surface area contributed by atoms with E-state index in [1.807, 2.05) is 60.7 Å². The van der Waals surface area contributed by atoms with Crippen LogP contribution in [-0.4, -0.2) is 9.97 Å². The fourth-order valence-electron chi connectivity index (χ4n) is 3.02. The molecule has 27 heavy (non-hydrogen) atoms. The van der Waals surface area contributed by atoms with Crippen LogP contribution in [-0.2, 0) is 0 Å². The molecule has 1 atom stereocenters. The smallest absolute Gasteiger partial charge is 0.252 e. The van der Waals surface area contributed by atoms with Gasteiger partial charge in [0, 0.05) is 41.6 Å². The minimum Gasteiger partial charge on any atom is -0.456 e. The SMILES string of the molecule is CC(Nc1cccc(Oc2cc(=O)[nH]c3ccccc23)c1)c1ccncc1. The van der Waals surface area contributed by atoms with Gasteiger partial charge in [0.05, 0.1) is 5.52 Å². The third-order valence-electron chi connectivity index (χ3n) is 4.36. The zero-order valence-corrected chi connectivity index (χ0v) is 14.8. The Bertz CT molecular complexity index is 1120. The van der Waals surface area contributed by atoms with Crippen molar-refractivity contribution in [1.29, 1.82) is 0 Å². The van der Waals surface area contributed by atoms with Gasteiger partial charge in [0.1, 0.15) is 11.5 Å². The van der Waals surface area contributed by atoms with E-state index < -0.39 is 0 Å². The van der Waals surface area contributed by atoms with Gasteiger partial charge in [-0.25, -0.2) is 0 Å². The van der Waals surface area contributed by atoms with Crippen molar-refractivity contribution in [3.05, 3.63) is 95.0 Å². The first-order valence-electron chi connectivity index (χ1n) is 8.75. The van der Waals surface area contributed by atoms with E-state index in [0.717, 1.165) is 22.2 Å². The van der Waals surface area contributed by atoms with Crippen LogP contribution < -0.4 is 15.6 Å². The normalized spacial score (nSPS) is 11.9. The Balaban J connectivity index is 1.59. The highest BCUT2D eigenvalue weighted by atomic mass is 16.5. The lowest BCUT2D eigenvalue weighted by Crippen LogP contribution is -2.07. The average molecular weight is 357 g/mol. The van der Waals surface area contributed by atoms with Crippen LogP contribution in [0.15, 0.2) is 83.9 Å². The van der Waals surface area contributed by atoms with Crippen molar-refractivity contribution < 1.29 is 4.74 Å². The van der Waals surface area contributed by atoms with E-state index >= 15 is 0 Å². The van der Waals surface area contributed by atoms with E-state index in [2.05, 4.69) is 22.2 Å². The first-order chi connectivity index (χ1) is 13.2. The molecule has 2 N–H and O–H groups in total. The number of fused-ring (bicyclic) bond motifs is 1. The molecule has 4 aromatic rings. The summed E-state index contributed by atoms with van der Waals surface area (Å²) in [6, 6.07) is 20.9. The number of hydrogen-bond donors (Lipinski definition) is 2. The van der Waals surface area contributed by atoms with Crippen LogP contribution in [0.2, 0.25) is 0 Å². The fraction of sp³-hybridized carbons (Fsp3) is 0.0909. The van der Waals surface area contributed by atoms with Crippen LogP contribution in [0.5, 0.6) is 11.5 Å². The highest BCUT2D eigenvalue weighted by Gasteiger charge is 2.08. The van der Waals surface area contributed by atoms with E-state index in [1.165, 1.54) is 6.07 Å². The third-order valence-corrected chi connectivity index (χ3v) is 4.36. The number of hydrogen-bond acceptors (Lipinski definition) is 4. The molecular formula is C22H19N3O2. The molecule has 2 aromatic heterocycles. The van der Waals surface area contributed by atoms with Crippen molar-refractivity contribution in [2.75, 3.05) is 5.32 Å². The molecular weight excluding hydrogens is 338 g/mol. The van der Waals surface area contributed by atoms with Crippen molar-refractivity contribution in [1.82, 2.24) is 9.97 Å². The Hall–Kier alpha value is -3.60. The van der Waals surface area contributed by atoms with Crippen LogP contribution in [0.1, 0.15) is 18.5 Å². The highest BCUT2D eigenvalue weighted by Crippen LogP contribution is 2.29. The average Bonchev–Trinajstić information content (AvgIpc) is 2.69.